The molecule has 1 aliphatic carbocycles. The number of aliphatic hydroxyl groups is 1. The standard InChI is InChI=1S/C14H23N5O/c15-18-12-8-13(17-14(16-12)10-5-6-10)19-7-3-1-2-4-11(19)9-20/h8,10-11,20H,1-7,9,15H2,(H,16,17,18). The van der Waals surface area contributed by atoms with Crippen LogP contribution in [-0.4, -0.2) is 34.3 Å². The first-order valence-electron chi connectivity index (χ1n) is 7.55. The zero-order valence-electron chi connectivity index (χ0n) is 11.8. The molecule has 1 aliphatic heterocycles. The van der Waals surface area contributed by atoms with Gasteiger partial charge in [0.15, 0.2) is 0 Å². The Hall–Kier alpha value is -1.40. The SMILES string of the molecule is NNc1cc(N2CCCCCC2CO)nc(C2CC2)n1. The third-order valence-electron chi connectivity index (χ3n) is 4.20. The van der Waals surface area contributed by atoms with E-state index < -0.39 is 0 Å². The number of aliphatic hydroxyl groups excluding tert-OH is 1. The van der Waals surface area contributed by atoms with Gasteiger partial charge < -0.3 is 15.4 Å². The summed E-state index contributed by atoms with van der Waals surface area (Å²) in [6, 6.07) is 2.05. The lowest BCUT2D eigenvalue weighted by atomic mass is 10.1. The van der Waals surface area contributed by atoms with Crippen LogP contribution < -0.4 is 16.2 Å². The molecule has 3 rings (SSSR count). The number of hydrazine groups is 1. The first-order valence-corrected chi connectivity index (χ1v) is 7.55. The molecule has 4 N–H and O–H groups in total. The molecule has 1 aromatic heterocycles. The van der Waals surface area contributed by atoms with Crippen LogP contribution in [-0.2, 0) is 0 Å². The Morgan fingerprint density at radius 1 is 1.25 bits per heavy atom. The highest BCUT2D eigenvalue weighted by molar-refractivity contribution is 5.50. The Morgan fingerprint density at radius 2 is 2.10 bits per heavy atom. The van der Waals surface area contributed by atoms with Crippen LogP contribution in [0.3, 0.4) is 0 Å². The van der Waals surface area contributed by atoms with Gasteiger partial charge in [-0.15, -0.1) is 0 Å². The Balaban J connectivity index is 1.91. The van der Waals surface area contributed by atoms with Gasteiger partial charge in [-0.25, -0.2) is 15.8 Å². The number of hydrogen-bond donors (Lipinski definition) is 3. The smallest absolute Gasteiger partial charge is 0.145 e. The van der Waals surface area contributed by atoms with Gasteiger partial charge in [0.25, 0.3) is 0 Å². The number of nitrogens with zero attached hydrogens (tertiary/aromatic N) is 3. The average molecular weight is 277 g/mol. The van der Waals surface area contributed by atoms with E-state index in [1.165, 1.54) is 12.8 Å². The number of anilines is 2. The summed E-state index contributed by atoms with van der Waals surface area (Å²) in [5.41, 5.74) is 2.64. The Labute approximate surface area is 119 Å². The van der Waals surface area contributed by atoms with Crippen LogP contribution in [0.1, 0.15) is 50.3 Å². The molecule has 1 atom stereocenters. The fourth-order valence-corrected chi connectivity index (χ4v) is 2.87. The lowest BCUT2D eigenvalue weighted by Gasteiger charge is -2.30. The second kappa shape index (κ2) is 5.93. The molecule has 0 bridgehead atoms. The number of nitrogens with two attached hydrogens (primary N) is 1. The zero-order chi connectivity index (χ0) is 13.9. The van der Waals surface area contributed by atoms with E-state index in [0.29, 0.717) is 11.7 Å². The zero-order valence-corrected chi connectivity index (χ0v) is 11.8. The van der Waals surface area contributed by atoms with Crippen molar-refractivity contribution in [2.24, 2.45) is 5.84 Å². The van der Waals surface area contributed by atoms with Crippen molar-refractivity contribution in [2.75, 3.05) is 23.5 Å². The molecule has 2 heterocycles. The van der Waals surface area contributed by atoms with Gasteiger partial charge in [0.2, 0.25) is 0 Å². The van der Waals surface area contributed by atoms with Gasteiger partial charge in [0.05, 0.1) is 12.6 Å². The van der Waals surface area contributed by atoms with Crippen molar-refractivity contribution in [1.29, 1.82) is 0 Å². The molecular formula is C14H23N5O. The van der Waals surface area contributed by atoms with Crippen LogP contribution >= 0.6 is 0 Å². The second-order valence-corrected chi connectivity index (χ2v) is 5.77. The monoisotopic (exact) mass is 277 g/mol. The Bertz CT molecular complexity index is 463. The van der Waals surface area contributed by atoms with E-state index >= 15 is 0 Å². The van der Waals surface area contributed by atoms with Crippen LogP contribution in [0.2, 0.25) is 0 Å². The van der Waals surface area contributed by atoms with Gasteiger partial charge in [-0.1, -0.05) is 12.8 Å². The fraction of sp³-hybridized carbons (Fsp3) is 0.714. The summed E-state index contributed by atoms with van der Waals surface area (Å²) in [6.45, 7) is 1.12. The molecule has 0 radical (unpaired) electrons. The molecule has 6 heteroatoms. The summed E-state index contributed by atoms with van der Waals surface area (Å²) < 4.78 is 0. The predicted molar refractivity (Wildman–Crippen MR) is 78.5 cm³/mol. The molecule has 1 unspecified atom stereocenters. The quantitative estimate of drug-likeness (QED) is 0.569. The minimum atomic E-state index is 0.157. The number of nitrogen functional groups attached to an aromatic ring is 1. The molecule has 1 saturated carbocycles. The van der Waals surface area contributed by atoms with E-state index in [-0.39, 0.29) is 12.6 Å². The molecule has 110 valence electrons. The summed E-state index contributed by atoms with van der Waals surface area (Å²) >= 11 is 0. The highest BCUT2D eigenvalue weighted by Crippen LogP contribution is 2.39. The topological polar surface area (TPSA) is 87.3 Å². The molecule has 1 aromatic rings. The van der Waals surface area contributed by atoms with Crippen molar-refractivity contribution >= 4 is 11.6 Å². The van der Waals surface area contributed by atoms with Gasteiger partial charge in [-0.2, -0.15) is 0 Å². The lowest BCUT2D eigenvalue weighted by molar-refractivity contribution is 0.254. The molecule has 2 aliphatic rings. The Morgan fingerprint density at radius 3 is 2.80 bits per heavy atom. The maximum Gasteiger partial charge on any atom is 0.145 e. The predicted octanol–water partition coefficient (Wildman–Crippen LogP) is 1.38. The third-order valence-corrected chi connectivity index (χ3v) is 4.20. The third kappa shape index (κ3) is 2.86. The van der Waals surface area contributed by atoms with Crippen molar-refractivity contribution < 1.29 is 5.11 Å². The van der Waals surface area contributed by atoms with Gasteiger partial charge in [-0.05, 0) is 25.7 Å². The molecule has 0 aromatic carbocycles. The highest BCUT2D eigenvalue weighted by Gasteiger charge is 2.29. The maximum atomic E-state index is 9.64. The molecule has 1 saturated heterocycles. The van der Waals surface area contributed by atoms with E-state index in [4.69, 9.17) is 10.8 Å². The summed E-state index contributed by atoms with van der Waals surface area (Å²) in [5, 5.41) is 9.64. The first kappa shape index (κ1) is 13.6. The van der Waals surface area contributed by atoms with Gasteiger partial charge >= 0.3 is 0 Å². The van der Waals surface area contributed by atoms with E-state index in [1.54, 1.807) is 0 Å². The average Bonchev–Trinajstić information content (AvgIpc) is 3.32. The van der Waals surface area contributed by atoms with Crippen LogP contribution in [0, 0.1) is 0 Å². The fourth-order valence-electron chi connectivity index (χ4n) is 2.87. The van der Waals surface area contributed by atoms with Gasteiger partial charge in [0, 0.05) is 18.5 Å². The van der Waals surface area contributed by atoms with Crippen LogP contribution in [0.5, 0.6) is 0 Å². The summed E-state index contributed by atoms with van der Waals surface area (Å²) in [5.74, 6) is 8.46. The normalized spacial score (nSPS) is 23.5. The van der Waals surface area contributed by atoms with Crippen molar-refractivity contribution in [1.82, 2.24) is 9.97 Å². The minimum Gasteiger partial charge on any atom is -0.394 e. The first-order chi connectivity index (χ1) is 9.81. The number of rotatable bonds is 4. The largest absolute Gasteiger partial charge is 0.394 e. The molecule has 20 heavy (non-hydrogen) atoms. The highest BCUT2D eigenvalue weighted by atomic mass is 16.3. The van der Waals surface area contributed by atoms with Crippen molar-refractivity contribution in [3.05, 3.63) is 11.9 Å². The molecule has 0 spiro atoms. The van der Waals surface area contributed by atoms with Crippen molar-refractivity contribution in [2.45, 2.75) is 50.5 Å². The molecule has 0 amide bonds. The summed E-state index contributed by atoms with van der Waals surface area (Å²) in [7, 11) is 0. The van der Waals surface area contributed by atoms with E-state index in [0.717, 1.165) is 43.9 Å². The van der Waals surface area contributed by atoms with Crippen molar-refractivity contribution in [3.8, 4) is 0 Å². The van der Waals surface area contributed by atoms with E-state index in [9.17, 15) is 5.11 Å². The summed E-state index contributed by atoms with van der Waals surface area (Å²) in [6.07, 6.45) is 6.88. The van der Waals surface area contributed by atoms with Gasteiger partial charge in [-0.3, -0.25) is 0 Å². The second-order valence-electron chi connectivity index (χ2n) is 5.77. The van der Waals surface area contributed by atoms with Crippen LogP contribution in [0.4, 0.5) is 11.6 Å². The van der Waals surface area contributed by atoms with Gasteiger partial charge in [0.1, 0.15) is 17.5 Å². The molecular weight excluding hydrogens is 254 g/mol. The van der Waals surface area contributed by atoms with Crippen LogP contribution in [0.25, 0.3) is 0 Å². The molecule has 6 nitrogen and oxygen atoms in total. The molecule has 2 fully saturated rings. The lowest BCUT2D eigenvalue weighted by Crippen LogP contribution is -2.38. The summed E-state index contributed by atoms with van der Waals surface area (Å²) in [4.78, 5) is 11.4. The van der Waals surface area contributed by atoms with E-state index in [1.807, 2.05) is 6.07 Å². The maximum absolute atomic E-state index is 9.64. The van der Waals surface area contributed by atoms with Crippen LogP contribution in [0.15, 0.2) is 6.07 Å². The van der Waals surface area contributed by atoms with Crippen molar-refractivity contribution in [3.63, 3.8) is 0 Å². The number of aromatic nitrogens is 2. The number of nitrogens with one attached hydrogen (secondary N) is 1. The van der Waals surface area contributed by atoms with E-state index in [2.05, 4.69) is 15.3 Å². The Kier molecular flexibility index (Phi) is 4.03. The minimum absolute atomic E-state index is 0.157. The number of hydrogen-bond acceptors (Lipinski definition) is 6.